The molecule has 0 aliphatic carbocycles. The Morgan fingerprint density at radius 1 is 1.00 bits per heavy atom. The highest BCUT2D eigenvalue weighted by Gasteiger charge is 2.05. The fourth-order valence-corrected chi connectivity index (χ4v) is 1.64. The molecule has 0 aliphatic rings. The second-order valence-corrected chi connectivity index (χ2v) is 3.78. The van der Waals surface area contributed by atoms with E-state index >= 15 is 0 Å². The zero-order chi connectivity index (χ0) is 11.5. The van der Waals surface area contributed by atoms with Gasteiger partial charge in [-0.2, -0.15) is 0 Å². The number of aliphatic hydroxyl groups is 1. The van der Waals surface area contributed by atoms with Crippen molar-refractivity contribution in [2.45, 2.75) is 13.0 Å². The van der Waals surface area contributed by atoms with E-state index in [9.17, 15) is 9.50 Å². The van der Waals surface area contributed by atoms with Crippen LogP contribution in [0.5, 0.6) is 0 Å². The number of hydrogen-bond donors (Lipinski definition) is 1. The molecule has 1 atom stereocenters. The Bertz CT molecular complexity index is 474. The van der Waals surface area contributed by atoms with E-state index in [1.54, 1.807) is 25.1 Å². The lowest BCUT2D eigenvalue weighted by Crippen LogP contribution is -1.90. The number of aliphatic hydroxyl groups excluding tert-OH is 1. The maximum Gasteiger partial charge on any atom is 0.131 e. The van der Waals surface area contributed by atoms with Gasteiger partial charge in [0.15, 0.2) is 0 Å². The molecule has 0 radical (unpaired) electrons. The highest BCUT2D eigenvalue weighted by Crippen LogP contribution is 2.24. The third-order valence-corrected chi connectivity index (χ3v) is 2.58. The van der Waals surface area contributed by atoms with Crippen LogP contribution in [0.1, 0.15) is 18.6 Å². The highest BCUT2D eigenvalue weighted by molar-refractivity contribution is 5.64. The molecule has 0 heterocycles. The molecule has 0 aromatic heterocycles. The van der Waals surface area contributed by atoms with E-state index in [2.05, 4.69) is 0 Å². The molecule has 2 rings (SSSR count). The maximum absolute atomic E-state index is 13.5. The first-order chi connectivity index (χ1) is 7.68. The molecule has 1 nitrogen and oxygen atoms in total. The summed E-state index contributed by atoms with van der Waals surface area (Å²) >= 11 is 0. The highest BCUT2D eigenvalue weighted by atomic mass is 19.1. The van der Waals surface area contributed by atoms with Gasteiger partial charge in [-0.15, -0.1) is 0 Å². The minimum Gasteiger partial charge on any atom is -0.389 e. The Morgan fingerprint density at radius 2 is 1.62 bits per heavy atom. The minimum atomic E-state index is -0.491. The van der Waals surface area contributed by atoms with Crippen molar-refractivity contribution in [1.29, 1.82) is 0 Å². The summed E-state index contributed by atoms with van der Waals surface area (Å²) in [5, 5.41) is 9.37. The second kappa shape index (κ2) is 4.45. The van der Waals surface area contributed by atoms with Crippen LogP contribution < -0.4 is 0 Å². The molecule has 0 bridgehead atoms. The van der Waals surface area contributed by atoms with Crippen molar-refractivity contribution in [2.24, 2.45) is 0 Å². The van der Waals surface area contributed by atoms with E-state index in [4.69, 9.17) is 0 Å². The van der Waals surface area contributed by atoms with Crippen molar-refractivity contribution in [3.05, 3.63) is 59.9 Å². The summed E-state index contributed by atoms with van der Waals surface area (Å²) in [6.07, 6.45) is -0.491. The van der Waals surface area contributed by atoms with Crippen LogP contribution in [-0.2, 0) is 0 Å². The van der Waals surface area contributed by atoms with E-state index in [1.807, 2.05) is 24.3 Å². The van der Waals surface area contributed by atoms with Gasteiger partial charge in [-0.25, -0.2) is 4.39 Å². The Morgan fingerprint density at radius 3 is 2.19 bits per heavy atom. The lowest BCUT2D eigenvalue weighted by Gasteiger charge is -2.07. The average Bonchev–Trinajstić information content (AvgIpc) is 2.30. The molecule has 1 N–H and O–H groups in total. The normalized spacial score (nSPS) is 12.4. The molecule has 82 valence electrons. The number of benzene rings is 2. The van der Waals surface area contributed by atoms with Crippen LogP contribution in [0.25, 0.3) is 11.1 Å². The van der Waals surface area contributed by atoms with Gasteiger partial charge in [-0.05, 0) is 24.1 Å². The molecule has 0 amide bonds. The summed E-state index contributed by atoms with van der Waals surface area (Å²) in [4.78, 5) is 0. The van der Waals surface area contributed by atoms with Gasteiger partial charge in [0.25, 0.3) is 0 Å². The number of halogens is 1. The van der Waals surface area contributed by atoms with Gasteiger partial charge in [-0.3, -0.25) is 0 Å². The van der Waals surface area contributed by atoms with Crippen molar-refractivity contribution in [1.82, 2.24) is 0 Å². The zero-order valence-corrected chi connectivity index (χ0v) is 9.02. The van der Waals surface area contributed by atoms with Gasteiger partial charge in [0.1, 0.15) is 5.82 Å². The quantitative estimate of drug-likeness (QED) is 0.814. The fraction of sp³-hybridized carbons (Fsp3) is 0.143. The van der Waals surface area contributed by atoms with Crippen LogP contribution in [0.15, 0.2) is 48.5 Å². The summed E-state index contributed by atoms with van der Waals surface area (Å²) in [5.74, 6) is -0.229. The topological polar surface area (TPSA) is 20.2 Å². The van der Waals surface area contributed by atoms with Crippen molar-refractivity contribution in [3.63, 3.8) is 0 Å². The molecule has 0 aliphatic heterocycles. The molecule has 0 spiro atoms. The van der Waals surface area contributed by atoms with Crippen LogP contribution in [0.4, 0.5) is 4.39 Å². The summed E-state index contributed by atoms with van der Waals surface area (Å²) in [6, 6.07) is 13.9. The van der Waals surface area contributed by atoms with E-state index in [-0.39, 0.29) is 5.82 Å². The molecule has 16 heavy (non-hydrogen) atoms. The summed E-state index contributed by atoms with van der Waals surface area (Å²) in [6.45, 7) is 1.71. The average molecular weight is 216 g/mol. The van der Waals surface area contributed by atoms with Gasteiger partial charge in [0, 0.05) is 5.56 Å². The molecule has 0 saturated carbocycles. The monoisotopic (exact) mass is 216 g/mol. The SMILES string of the molecule is CC(O)c1ccc(-c2ccccc2F)cc1. The van der Waals surface area contributed by atoms with E-state index in [0.717, 1.165) is 11.1 Å². The Balaban J connectivity index is 2.39. The lowest BCUT2D eigenvalue weighted by atomic mass is 10.0. The first-order valence-corrected chi connectivity index (χ1v) is 5.21. The fourth-order valence-electron chi connectivity index (χ4n) is 1.64. The summed E-state index contributed by atoms with van der Waals surface area (Å²) < 4.78 is 13.5. The Hall–Kier alpha value is -1.67. The predicted octanol–water partition coefficient (Wildman–Crippen LogP) is 3.55. The largest absolute Gasteiger partial charge is 0.389 e. The van der Waals surface area contributed by atoms with Crippen molar-refractivity contribution in [3.8, 4) is 11.1 Å². The first kappa shape index (κ1) is 10.8. The van der Waals surface area contributed by atoms with Crippen LogP contribution >= 0.6 is 0 Å². The molecule has 2 heteroatoms. The second-order valence-electron chi connectivity index (χ2n) is 3.78. The summed E-state index contributed by atoms with van der Waals surface area (Å²) in [5.41, 5.74) is 2.24. The maximum atomic E-state index is 13.5. The standard InChI is InChI=1S/C14H13FO/c1-10(16)11-6-8-12(9-7-11)13-4-2-3-5-14(13)15/h2-10,16H,1H3. The smallest absolute Gasteiger partial charge is 0.131 e. The molecule has 2 aromatic rings. The zero-order valence-electron chi connectivity index (χ0n) is 9.02. The third-order valence-electron chi connectivity index (χ3n) is 2.58. The lowest BCUT2D eigenvalue weighted by molar-refractivity contribution is 0.199. The Labute approximate surface area is 94.2 Å². The molecule has 0 saturated heterocycles. The van der Waals surface area contributed by atoms with E-state index < -0.39 is 6.10 Å². The van der Waals surface area contributed by atoms with Crippen LogP contribution in [0.2, 0.25) is 0 Å². The van der Waals surface area contributed by atoms with Gasteiger partial charge in [0.05, 0.1) is 6.10 Å². The van der Waals surface area contributed by atoms with Crippen molar-refractivity contribution >= 4 is 0 Å². The number of rotatable bonds is 2. The van der Waals surface area contributed by atoms with Crippen molar-refractivity contribution in [2.75, 3.05) is 0 Å². The van der Waals surface area contributed by atoms with E-state index in [0.29, 0.717) is 5.56 Å². The van der Waals surface area contributed by atoms with Crippen LogP contribution in [0.3, 0.4) is 0 Å². The minimum absolute atomic E-state index is 0.229. The van der Waals surface area contributed by atoms with Gasteiger partial charge in [-0.1, -0.05) is 42.5 Å². The third kappa shape index (κ3) is 2.12. The molecule has 0 fully saturated rings. The number of hydrogen-bond acceptors (Lipinski definition) is 1. The summed E-state index contributed by atoms with van der Waals surface area (Å²) in [7, 11) is 0. The first-order valence-electron chi connectivity index (χ1n) is 5.21. The predicted molar refractivity (Wildman–Crippen MR) is 62.5 cm³/mol. The molecule has 2 aromatic carbocycles. The molecular weight excluding hydrogens is 203 g/mol. The Kier molecular flexibility index (Phi) is 3.02. The van der Waals surface area contributed by atoms with Crippen LogP contribution in [-0.4, -0.2) is 5.11 Å². The van der Waals surface area contributed by atoms with Gasteiger partial charge in [0.2, 0.25) is 0 Å². The molecule has 1 unspecified atom stereocenters. The van der Waals surface area contributed by atoms with Crippen molar-refractivity contribution < 1.29 is 9.50 Å². The van der Waals surface area contributed by atoms with Crippen LogP contribution in [0, 0.1) is 5.82 Å². The molecular formula is C14H13FO. The van der Waals surface area contributed by atoms with Gasteiger partial charge < -0.3 is 5.11 Å². The van der Waals surface area contributed by atoms with Gasteiger partial charge >= 0.3 is 0 Å². The van der Waals surface area contributed by atoms with E-state index in [1.165, 1.54) is 6.07 Å².